The second kappa shape index (κ2) is 7.94. The molecule has 0 fully saturated rings. The predicted molar refractivity (Wildman–Crippen MR) is 185 cm³/mol. The highest BCUT2D eigenvalue weighted by atomic mass is 16.3. The quantitative estimate of drug-likeness (QED) is 0.193. The van der Waals surface area contributed by atoms with Gasteiger partial charge in [0.15, 0.2) is 0 Å². The first-order valence-corrected chi connectivity index (χ1v) is 15.2. The van der Waals surface area contributed by atoms with Crippen molar-refractivity contribution in [1.82, 2.24) is 4.40 Å². The van der Waals surface area contributed by atoms with E-state index in [9.17, 15) is 0 Å². The summed E-state index contributed by atoms with van der Waals surface area (Å²) in [5, 5.41) is 12.7. The second-order valence-electron chi connectivity index (χ2n) is 12.0. The largest absolute Gasteiger partial charge is 0.456 e. The minimum Gasteiger partial charge on any atom is -0.456 e. The van der Waals surface area contributed by atoms with Gasteiger partial charge in [-0.2, -0.15) is 0 Å². The molecule has 0 unspecified atom stereocenters. The number of benzene rings is 8. The zero-order valence-corrected chi connectivity index (χ0v) is 23.6. The molecule has 2 nitrogen and oxygen atoms in total. The summed E-state index contributed by atoms with van der Waals surface area (Å²) in [5.41, 5.74) is 10.6. The van der Waals surface area contributed by atoms with Crippen molar-refractivity contribution in [2.75, 3.05) is 0 Å². The van der Waals surface area contributed by atoms with Crippen molar-refractivity contribution in [3.05, 3.63) is 140 Å². The van der Waals surface area contributed by atoms with Crippen molar-refractivity contribution in [1.29, 1.82) is 0 Å². The molecule has 0 saturated heterocycles. The summed E-state index contributed by atoms with van der Waals surface area (Å²) < 4.78 is 8.87. The van der Waals surface area contributed by atoms with Crippen LogP contribution in [0, 0.1) is 0 Å². The normalized spacial score (nSPS) is 12.5. The molecule has 0 aliphatic heterocycles. The molecule has 0 bridgehead atoms. The van der Waals surface area contributed by atoms with E-state index in [4.69, 9.17) is 4.42 Å². The maximum Gasteiger partial charge on any atom is 0.136 e. The Kier molecular flexibility index (Phi) is 4.10. The molecule has 0 aliphatic rings. The predicted octanol–water partition coefficient (Wildman–Crippen LogP) is 11.8. The van der Waals surface area contributed by atoms with Crippen LogP contribution >= 0.6 is 0 Å². The molecule has 0 atom stereocenters. The Labute approximate surface area is 251 Å². The van der Waals surface area contributed by atoms with Gasteiger partial charge >= 0.3 is 0 Å². The summed E-state index contributed by atoms with van der Waals surface area (Å²) in [6, 6.07) is 51.0. The van der Waals surface area contributed by atoms with Gasteiger partial charge < -0.3 is 8.82 Å². The summed E-state index contributed by atoms with van der Waals surface area (Å²) in [7, 11) is 0. The van der Waals surface area contributed by atoms with E-state index in [1.165, 1.54) is 92.7 Å². The molecule has 0 radical (unpaired) electrons. The highest BCUT2D eigenvalue weighted by Crippen LogP contribution is 2.48. The first kappa shape index (κ1) is 22.7. The molecule has 3 heterocycles. The molecule has 0 N–H and O–H groups in total. The number of aromatic nitrogens is 1. The van der Waals surface area contributed by atoms with E-state index in [1.54, 1.807) is 0 Å². The first-order chi connectivity index (χ1) is 21.8. The standard InChI is InChI=1S/C42H23NO/c1-2-10-26(31-20-22-38-41-39(31)29-13-4-3-11-27(29)30-14-8-18-37(44-38)40(30)41)25(9-1)24-19-21-36-34(23-24)33-16-7-15-32-28-12-5-6-17-35(28)43(36)42(32)33/h1-23H. The number of fused-ring (bicyclic) bond motifs is 9. The maximum atomic E-state index is 6.42. The van der Waals surface area contributed by atoms with Crippen LogP contribution < -0.4 is 0 Å². The van der Waals surface area contributed by atoms with Crippen LogP contribution in [0.2, 0.25) is 0 Å². The summed E-state index contributed by atoms with van der Waals surface area (Å²) in [6.07, 6.45) is 0. The van der Waals surface area contributed by atoms with Gasteiger partial charge in [-0.25, -0.2) is 0 Å². The van der Waals surface area contributed by atoms with E-state index in [-0.39, 0.29) is 0 Å². The van der Waals surface area contributed by atoms with Crippen molar-refractivity contribution in [3.63, 3.8) is 0 Å². The molecule has 11 rings (SSSR count). The van der Waals surface area contributed by atoms with Crippen molar-refractivity contribution in [3.8, 4) is 22.3 Å². The molecule has 0 spiro atoms. The fourth-order valence-electron chi connectivity index (χ4n) is 8.14. The Bertz CT molecular complexity index is 2940. The topological polar surface area (TPSA) is 17.6 Å². The third-order valence-corrected chi connectivity index (χ3v) is 9.90. The number of rotatable bonds is 2. The molecule has 0 amide bonds. The number of hydrogen-bond donors (Lipinski definition) is 0. The Balaban J connectivity index is 1.23. The second-order valence-corrected chi connectivity index (χ2v) is 12.0. The molecule has 8 aromatic carbocycles. The van der Waals surface area contributed by atoms with Gasteiger partial charge in [0.1, 0.15) is 11.2 Å². The van der Waals surface area contributed by atoms with Gasteiger partial charge in [0, 0.05) is 37.7 Å². The summed E-state index contributed by atoms with van der Waals surface area (Å²) in [4.78, 5) is 0. The van der Waals surface area contributed by atoms with Crippen LogP contribution in [-0.2, 0) is 0 Å². The van der Waals surface area contributed by atoms with Gasteiger partial charge in [0.2, 0.25) is 0 Å². The highest BCUT2D eigenvalue weighted by molar-refractivity contribution is 6.35. The Morgan fingerprint density at radius 3 is 1.91 bits per heavy atom. The van der Waals surface area contributed by atoms with Gasteiger partial charge in [-0.05, 0) is 74.8 Å². The maximum absolute atomic E-state index is 6.42. The van der Waals surface area contributed by atoms with E-state index in [2.05, 4.69) is 144 Å². The third-order valence-electron chi connectivity index (χ3n) is 9.90. The molecule has 44 heavy (non-hydrogen) atoms. The molecule has 11 aromatic rings. The average molecular weight is 558 g/mol. The van der Waals surface area contributed by atoms with Crippen LogP contribution in [0.5, 0.6) is 0 Å². The first-order valence-electron chi connectivity index (χ1n) is 15.2. The van der Waals surface area contributed by atoms with Gasteiger partial charge in [-0.15, -0.1) is 0 Å². The molecule has 2 heteroatoms. The molecule has 0 aliphatic carbocycles. The lowest BCUT2D eigenvalue weighted by atomic mass is 9.87. The zero-order chi connectivity index (χ0) is 28.5. The van der Waals surface area contributed by atoms with Gasteiger partial charge in [0.25, 0.3) is 0 Å². The number of para-hydroxylation sites is 2. The smallest absolute Gasteiger partial charge is 0.136 e. The summed E-state index contributed by atoms with van der Waals surface area (Å²) in [5.74, 6) is 0. The fourth-order valence-corrected chi connectivity index (χ4v) is 8.14. The molecule has 3 aromatic heterocycles. The van der Waals surface area contributed by atoms with Crippen LogP contribution in [0.15, 0.2) is 144 Å². The van der Waals surface area contributed by atoms with E-state index in [0.29, 0.717) is 0 Å². The Morgan fingerprint density at radius 1 is 0.364 bits per heavy atom. The van der Waals surface area contributed by atoms with E-state index in [1.807, 2.05) is 0 Å². The minimum absolute atomic E-state index is 0.943. The monoisotopic (exact) mass is 557 g/mol. The van der Waals surface area contributed by atoms with Crippen LogP contribution in [0.25, 0.3) is 104 Å². The van der Waals surface area contributed by atoms with Crippen molar-refractivity contribution in [2.45, 2.75) is 0 Å². The highest BCUT2D eigenvalue weighted by Gasteiger charge is 2.22. The van der Waals surface area contributed by atoms with E-state index >= 15 is 0 Å². The van der Waals surface area contributed by atoms with Crippen LogP contribution in [0.1, 0.15) is 0 Å². The van der Waals surface area contributed by atoms with Crippen molar-refractivity contribution in [2.24, 2.45) is 0 Å². The molecular formula is C42H23NO. The van der Waals surface area contributed by atoms with Crippen LogP contribution in [-0.4, -0.2) is 4.40 Å². The van der Waals surface area contributed by atoms with Gasteiger partial charge in [-0.1, -0.05) is 103 Å². The fraction of sp³-hybridized carbons (Fsp3) is 0. The van der Waals surface area contributed by atoms with Crippen LogP contribution in [0.3, 0.4) is 0 Å². The number of hydrogen-bond acceptors (Lipinski definition) is 1. The summed E-state index contributed by atoms with van der Waals surface area (Å²) >= 11 is 0. The van der Waals surface area contributed by atoms with E-state index in [0.717, 1.165) is 11.2 Å². The van der Waals surface area contributed by atoms with Gasteiger partial charge in [0.05, 0.1) is 16.6 Å². The van der Waals surface area contributed by atoms with Gasteiger partial charge in [-0.3, -0.25) is 0 Å². The Hall–Kier alpha value is -5.86. The van der Waals surface area contributed by atoms with E-state index < -0.39 is 0 Å². The molecular weight excluding hydrogens is 534 g/mol. The average Bonchev–Trinajstić information content (AvgIpc) is 3.75. The lowest BCUT2D eigenvalue weighted by Gasteiger charge is -2.15. The number of nitrogens with zero attached hydrogens (tertiary/aromatic N) is 1. The number of furan rings is 1. The third kappa shape index (κ3) is 2.68. The summed E-state index contributed by atoms with van der Waals surface area (Å²) in [6.45, 7) is 0. The zero-order valence-electron chi connectivity index (χ0n) is 23.6. The minimum atomic E-state index is 0.943. The molecule has 0 saturated carbocycles. The Morgan fingerprint density at radius 2 is 1.00 bits per heavy atom. The lowest BCUT2D eigenvalue weighted by Crippen LogP contribution is -1.89. The van der Waals surface area contributed by atoms with Crippen LogP contribution in [0.4, 0.5) is 0 Å². The molecule has 202 valence electrons. The SMILES string of the molecule is c1ccc(-c2ccc3oc4cccc5c6ccccc6c2c3c45)c(-c2ccc3c(c2)c2cccc4c5ccccc5n3c42)c1. The lowest BCUT2D eigenvalue weighted by molar-refractivity contribution is 0.669. The van der Waals surface area contributed by atoms with Crippen molar-refractivity contribution >= 4 is 81.6 Å². The van der Waals surface area contributed by atoms with Crippen molar-refractivity contribution < 1.29 is 4.42 Å².